The van der Waals surface area contributed by atoms with Crippen LogP contribution in [0.25, 0.3) is 0 Å². The SMILES string of the molecule is Cc1cccc(C(O)(C(=O)OCC2C=C3NCC32)c2cccc(C)c2)c1. The molecule has 1 aliphatic carbocycles. The first-order valence-electron chi connectivity index (χ1n) is 8.98. The van der Waals surface area contributed by atoms with Crippen LogP contribution in [0.4, 0.5) is 0 Å². The van der Waals surface area contributed by atoms with Crippen LogP contribution < -0.4 is 5.32 Å². The average Bonchev–Trinajstić information content (AvgIpc) is 2.61. The average molecular weight is 349 g/mol. The van der Waals surface area contributed by atoms with E-state index >= 15 is 0 Å². The molecular weight excluding hydrogens is 326 g/mol. The normalized spacial score (nSPS) is 20.8. The third-order valence-electron chi connectivity index (χ3n) is 5.41. The molecular formula is C22H23NO3. The van der Waals surface area contributed by atoms with Crippen molar-refractivity contribution in [2.45, 2.75) is 19.4 Å². The van der Waals surface area contributed by atoms with Gasteiger partial charge in [-0.3, -0.25) is 0 Å². The van der Waals surface area contributed by atoms with E-state index in [0.29, 0.717) is 23.7 Å². The summed E-state index contributed by atoms with van der Waals surface area (Å²) < 4.78 is 5.59. The maximum atomic E-state index is 13.0. The Morgan fingerprint density at radius 2 is 1.77 bits per heavy atom. The lowest BCUT2D eigenvalue weighted by Crippen LogP contribution is -2.51. The summed E-state index contributed by atoms with van der Waals surface area (Å²) >= 11 is 0. The van der Waals surface area contributed by atoms with Crippen LogP contribution in [0, 0.1) is 25.7 Å². The second-order valence-corrected chi connectivity index (χ2v) is 7.32. The number of carbonyl (C=O) groups excluding carboxylic acids is 1. The Morgan fingerprint density at radius 1 is 1.15 bits per heavy atom. The van der Waals surface area contributed by atoms with Gasteiger partial charge in [0, 0.05) is 24.1 Å². The number of aliphatic hydroxyl groups is 1. The molecule has 2 atom stereocenters. The van der Waals surface area contributed by atoms with Crippen molar-refractivity contribution in [1.29, 1.82) is 0 Å². The van der Waals surface area contributed by atoms with Crippen molar-refractivity contribution >= 4 is 5.97 Å². The molecule has 0 spiro atoms. The van der Waals surface area contributed by atoms with E-state index in [1.165, 1.54) is 5.70 Å². The minimum absolute atomic E-state index is 0.245. The van der Waals surface area contributed by atoms with Crippen molar-refractivity contribution < 1.29 is 14.6 Å². The second kappa shape index (κ2) is 6.29. The van der Waals surface area contributed by atoms with Crippen LogP contribution in [-0.4, -0.2) is 24.2 Å². The summed E-state index contributed by atoms with van der Waals surface area (Å²) in [4.78, 5) is 13.0. The number of rotatable bonds is 5. The molecule has 1 heterocycles. The number of hydrogen-bond donors (Lipinski definition) is 2. The number of hydrogen-bond acceptors (Lipinski definition) is 4. The lowest BCUT2D eigenvalue weighted by molar-refractivity contribution is -0.164. The topological polar surface area (TPSA) is 58.6 Å². The van der Waals surface area contributed by atoms with Crippen molar-refractivity contribution in [3.63, 3.8) is 0 Å². The van der Waals surface area contributed by atoms with Gasteiger partial charge in [-0.05, 0) is 25.0 Å². The predicted octanol–water partition coefficient (Wildman–Crippen LogP) is 2.82. The van der Waals surface area contributed by atoms with Crippen LogP contribution >= 0.6 is 0 Å². The molecule has 2 N–H and O–H groups in total. The minimum Gasteiger partial charge on any atom is -0.462 e. The first-order chi connectivity index (χ1) is 12.5. The lowest BCUT2D eigenvalue weighted by Gasteiger charge is -2.45. The van der Waals surface area contributed by atoms with E-state index in [2.05, 4.69) is 11.4 Å². The van der Waals surface area contributed by atoms with E-state index < -0.39 is 11.6 Å². The number of carbonyl (C=O) groups is 1. The molecule has 0 radical (unpaired) electrons. The van der Waals surface area contributed by atoms with Crippen LogP contribution in [-0.2, 0) is 15.1 Å². The molecule has 2 unspecified atom stereocenters. The molecule has 1 aliphatic heterocycles. The number of nitrogens with one attached hydrogen (secondary N) is 1. The van der Waals surface area contributed by atoms with Gasteiger partial charge in [0.05, 0.1) is 6.61 Å². The van der Waals surface area contributed by atoms with Gasteiger partial charge >= 0.3 is 5.97 Å². The number of fused-ring (bicyclic) bond motifs is 1. The van der Waals surface area contributed by atoms with E-state index in [0.717, 1.165) is 17.7 Å². The van der Waals surface area contributed by atoms with Gasteiger partial charge in [-0.1, -0.05) is 65.7 Å². The van der Waals surface area contributed by atoms with E-state index in [1.807, 2.05) is 50.2 Å². The fraction of sp³-hybridized carbons (Fsp3) is 0.318. The van der Waals surface area contributed by atoms with Gasteiger partial charge in [-0.2, -0.15) is 0 Å². The largest absolute Gasteiger partial charge is 0.462 e. The molecule has 0 aromatic heterocycles. The molecule has 2 aromatic rings. The summed E-state index contributed by atoms with van der Waals surface area (Å²) in [5, 5.41) is 14.7. The van der Waals surface area contributed by atoms with Gasteiger partial charge in [-0.25, -0.2) is 4.79 Å². The number of benzene rings is 2. The molecule has 1 saturated heterocycles. The Balaban J connectivity index is 1.64. The van der Waals surface area contributed by atoms with Crippen LogP contribution in [0.3, 0.4) is 0 Å². The standard InChI is InChI=1S/C22H23NO3/c1-14-5-3-7-17(9-14)22(25,18-8-4-6-15(2)10-18)21(24)26-13-16-11-20-19(16)12-23-20/h3-11,16,19,23,25H,12-13H2,1-2H3. The molecule has 4 rings (SSSR count). The maximum absolute atomic E-state index is 13.0. The number of esters is 1. The first kappa shape index (κ1) is 16.9. The molecule has 26 heavy (non-hydrogen) atoms. The van der Waals surface area contributed by atoms with Gasteiger partial charge in [0.1, 0.15) is 0 Å². The van der Waals surface area contributed by atoms with Gasteiger partial charge in [0.15, 0.2) is 0 Å². The summed E-state index contributed by atoms with van der Waals surface area (Å²) in [5.41, 5.74) is 2.46. The van der Waals surface area contributed by atoms with Crippen LogP contribution in [0.5, 0.6) is 0 Å². The summed E-state index contributed by atoms with van der Waals surface area (Å²) in [6, 6.07) is 14.8. The molecule has 1 fully saturated rings. The monoisotopic (exact) mass is 349 g/mol. The molecule has 0 bridgehead atoms. The third kappa shape index (κ3) is 2.71. The highest BCUT2D eigenvalue weighted by Crippen LogP contribution is 2.38. The zero-order chi connectivity index (χ0) is 18.3. The van der Waals surface area contributed by atoms with Crippen molar-refractivity contribution in [1.82, 2.24) is 5.32 Å². The fourth-order valence-corrected chi connectivity index (χ4v) is 3.71. The second-order valence-electron chi connectivity index (χ2n) is 7.32. The zero-order valence-corrected chi connectivity index (χ0v) is 15.0. The Bertz CT molecular complexity index is 841. The Kier molecular flexibility index (Phi) is 4.08. The number of aryl methyl sites for hydroxylation is 2. The summed E-state index contributed by atoms with van der Waals surface area (Å²) in [7, 11) is 0. The molecule has 2 aliphatic rings. The molecule has 0 saturated carbocycles. The van der Waals surface area contributed by atoms with Crippen molar-refractivity contribution in [2.24, 2.45) is 11.8 Å². The maximum Gasteiger partial charge on any atom is 0.347 e. The Hall–Kier alpha value is -2.59. The number of ether oxygens (including phenoxy) is 1. The van der Waals surface area contributed by atoms with Crippen molar-refractivity contribution in [3.8, 4) is 0 Å². The Labute approximate surface area is 153 Å². The zero-order valence-electron chi connectivity index (χ0n) is 15.0. The van der Waals surface area contributed by atoms with E-state index in [9.17, 15) is 9.90 Å². The van der Waals surface area contributed by atoms with Crippen molar-refractivity contribution in [2.75, 3.05) is 13.2 Å². The Morgan fingerprint density at radius 3 is 2.19 bits per heavy atom. The van der Waals surface area contributed by atoms with E-state index in [4.69, 9.17) is 4.74 Å². The molecule has 0 amide bonds. The quantitative estimate of drug-likeness (QED) is 0.815. The molecule has 4 heteroatoms. The molecule has 4 nitrogen and oxygen atoms in total. The van der Waals surface area contributed by atoms with Crippen LogP contribution in [0.2, 0.25) is 0 Å². The van der Waals surface area contributed by atoms with Crippen molar-refractivity contribution in [3.05, 3.63) is 82.6 Å². The highest BCUT2D eigenvalue weighted by molar-refractivity contribution is 5.85. The third-order valence-corrected chi connectivity index (χ3v) is 5.41. The highest BCUT2D eigenvalue weighted by Gasteiger charge is 2.44. The lowest BCUT2D eigenvalue weighted by atomic mass is 9.74. The molecule has 2 aromatic carbocycles. The van der Waals surface area contributed by atoms with Gasteiger partial charge in [0.2, 0.25) is 5.60 Å². The van der Waals surface area contributed by atoms with E-state index in [-0.39, 0.29) is 5.92 Å². The van der Waals surface area contributed by atoms with E-state index in [1.54, 1.807) is 12.1 Å². The smallest absolute Gasteiger partial charge is 0.347 e. The van der Waals surface area contributed by atoms with Gasteiger partial charge < -0.3 is 15.2 Å². The predicted molar refractivity (Wildman–Crippen MR) is 99.4 cm³/mol. The first-order valence-corrected chi connectivity index (χ1v) is 8.98. The highest BCUT2D eigenvalue weighted by atomic mass is 16.5. The van der Waals surface area contributed by atoms with Crippen LogP contribution in [0.1, 0.15) is 22.3 Å². The van der Waals surface area contributed by atoms with Gasteiger partial charge in [0.25, 0.3) is 0 Å². The molecule has 134 valence electrons. The minimum atomic E-state index is -1.81. The fourth-order valence-electron chi connectivity index (χ4n) is 3.71. The van der Waals surface area contributed by atoms with Gasteiger partial charge in [-0.15, -0.1) is 0 Å². The summed E-state index contributed by atoms with van der Waals surface area (Å²) in [6.07, 6.45) is 2.10. The summed E-state index contributed by atoms with van der Waals surface area (Å²) in [5.74, 6) is 0.103. The summed E-state index contributed by atoms with van der Waals surface area (Å²) in [6.45, 7) is 5.12. The van der Waals surface area contributed by atoms with Crippen LogP contribution in [0.15, 0.2) is 60.3 Å².